The summed E-state index contributed by atoms with van der Waals surface area (Å²) in [4.78, 5) is 20.5. The number of benzene rings is 1. The van der Waals surface area contributed by atoms with Gasteiger partial charge in [0.05, 0.1) is 0 Å². The highest BCUT2D eigenvalue weighted by Gasteiger charge is 2.37. The third kappa shape index (κ3) is 3.61. The zero-order valence-corrected chi connectivity index (χ0v) is 16.5. The summed E-state index contributed by atoms with van der Waals surface area (Å²) < 4.78 is 0. The van der Waals surface area contributed by atoms with E-state index in [0.29, 0.717) is 12.0 Å². The molecule has 1 amide bonds. The average molecular weight is 368 g/mol. The number of carbonyl (C=O) groups is 1. The van der Waals surface area contributed by atoms with Crippen molar-refractivity contribution in [1.82, 2.24) is 9.80 Å². The second kappa shape index (κ2) is 7.46. The van der Waals surface area contributed by atoms with Crippen molar-refractivity contribution in [2.45, 2.75) is 51.0 Å². The number of nitrogens with zero attached hydrogens (tertiary/aromatic N) is 3. The van der Waals surface area contributed by atoms with Gasteiger partial charge in [-0.3, -0.25) is 9.69 Å². The zero-order chi connectivity index (χ0) is 18.2. The van der Waals surface area contributed by atoms with E-state index in [9.17, 15) is 4.79 Å². The molecule has 2 bridgehead atoms. The van der Waals surface area contributed by atoms with Crippen LogP contribution in [-0.2, 0) is 0 Å². The first-order valence-corrected chi connectivity index (χ1v) is 11.1. The maximum absolute atomic E-state index is 13.2. The minimum atomic E-state index is 0.241. The van der Waals surface area contributed by atoms with Gasteiger partial charge in [-0.05, 0) is 74.6 Å². The third-order valence-corrected chi connectivity index (χ3v) is 7.42. The number of anilines is 1. The van der Waals surface area contributed by atoms with Crippen molar-refractivity contribution in [2.24, 2.45) is 11.8 Å². The molecule has 0 aromatic heterocycles. The standard InChI is InChI=1S/C23H33N3O/c27-23(20-7-10-21(11-8-20)24-12-1-2-13-24)26-16-19-6-9-22(17-26)25(15-19)14-18-4-3-5-18/h7-8,10-11,18-19,22H,1-6,9,12-17H2/t19-,22-/m0/s1. The van der Waals surface area contributed by atoms with Crippen LogP contribution in [0.1, 0.15) is 55.3 Å². The Bertz CT molecular complexity index is 663. The number of hydrogen-bond acceptors (Lipinski definition) is 3. The first kappa shape index (κ1) is 17.5. The van der Waals surface area contributed by atoms with Crippen LogP contribution in [0.2, 0.25) is 0 Å². The number of fused-ring (bicyclic) bond motifs is 4. The Hall–Kier alpha value is -1.55. The van der Waals surface area contributed by atoms with Gasteiger partial charge < -0.3 is 9.80 Å². The summed E-state index contributed by atoms with van der Waals surface area (Å²) in [5, 5.41) is 0. The minimum Gasteiger partial charge on any atom is -0.372 e. The first-order chi connectivity index (χ1) is 13.3. The molecule has 4 heteroatoms. The molecule has 5 aliphatic rings. The summed E-state index contributed by atoms with van der Waals surface area (Å²) in [5.41, 5.74) is 2.14. The lowest BCUT2D eigenvalue weighted by molar-refractivity contribution is 0.0717. The van der Waals surface area contributed by atoms with E-state index in [-0.39, 0.29) is 5.91 Å². The number of amides is 1. The van der Waals surface area contributed by atoms with Crippen molar-refractivity contribution < 1.29 is 4.79 Å². The summed E-state index contributed by atoms with van der Waals surface area (Å²) in [6.07, 6.45) is 9.40. The van der Waals surface area contributed by atoms with E-state index >= 15 is 0 Å². The summed E-state index contributed by atoms with van der Waals surface area (Å²) in [5.74, 6) is 1.83. The second-order valence-corrected chi connectivity index (χ2v) is 9.30. The quantitative estimate of drug-likeness (QED) is 0.813. The Morgan fingerprint density at radius 1 is 0.889 bits per heavy atom. The third-order valence-electron chi connectivity index (χ3n) is 7.42. The summed E-state index contributed by atoms with van der Waals surface area (Å²) in [6.45, 7) is 6.66. The molecule has 4 nitrogen and oxygen atoms in total. The number of carbonyl (C=O) groups excluding carboxylic acids is 1. The predicted octanol–water partition coefficient (Wildman–Crippen LogP) is 3.62. The lowest BCUT2D eigenvalue weighted by Gasteiger charge is -2.40. The van der Waals surface area contributed by atoms with Crippen LogP contribution in [0, 0.1) is 11.8 Å². The molecule has 5 fully saturated rings. The van der Waals surface area contributed by atoms with Gasteiger partial charge in [0.1, 0.15) is 0 Å². The van der Waals surface area contributed by atoms with Crippen LogP contribution in [0.5, 0.6) is 0 Å². The Morgan fingerprint density at radius 3 is 2.37 bits per heavy atom. The Labute approximate surface area is 163 Å². The van der Waals surface area contributed by atoms with Gasteiger partial charge in [0, 0.05) is 56.6 Å². The molecular formula is C23H33N3O. The fraction of sp³-hybridized carbons (Fsp3) is 0.696. The molecule has 1 aliphatic carbocycles. The van der Waals surface area contributed by atoms with Crippen LogP contribution >= 0.6 is 0 Å². The van der Waals surface area contributed by atoms with Crippen molar-refractivity contribution in [3.8, 4) is 0 Å². The van der Waals surface area contributed by atoms with Crippen LogP contribution in [-0.4, -0.2) is 61.0 Å². The van der Waals surface area contributed by atoms with Crippen LogP contribution in [0.3, 0.4) is 0 Å². The summed E-state index contributed by atoms with van der Waals surface area (Å²) in [7, 11) is 0. The van der Waals surface area contributed by atoms with Crippen molar-refractivity contribution in [1.29, 1.82) is 0 Å². The van der Waals surface area contributed by atoms with Crippen LogP contribution in [0.25, 0.3) is 0 Å². The highest BCUT2D eigenvalue weighted by molar-refractivity contribution is 5.94. The maximum Gasteiger partial charge on any atom is 0.253 e. The molecule has 0 N–H and O–H groups in total. The molecule has 1 aromatic rings. The number of hydrogen-bond donors (Lipinski definition) is 0. The topological polar surface area (TPSA) is 26.8 Å². The lowest BCUT2D eigenvalue weighted by atomic mass is 9.83. The average Bonchev–Trinajstić information content (AvgIpc) is 3.05. The molecule has 146 valence electrons. The Kier molecular flexibility index (Phi) is 4.85. The van der Waals surface area contributed by atoms with Gasteiger partial charge in [-0.1, -0.05) is 6.42 Å². The minimum absolute atomic E-state index is 0.241. The highest BCUT2D eigenvalue weighted by Crippen LogP contribution is 2.33. The number of rotatable bonds is 4. The molecule has 4 saturated heterocycles. The molecule has 27 heavy (non-hydrogen) atoms. The molecule has 4 aliphatic heterocycles. The van der Waals surface area contributed by atoms with E-state index in [0.717, 1.165) is 37.7 Å². The Balaban J connectivity index is 1.26. The first-order valence-electron chi connectivity index (χ1n) is 11.1. The van der Waals surface area contributed by atoms with E-state index in [1.807, 2.05) is 0 Å². The van der Waals surface area contributed by atoms with E-state index in [4.69, 9.17) is 0 Å². The second-order valence-electron chi connectivity index (χ2n) is 9.30. The van der Waals surface area contributed by atoms with Gasteiger partial charge in [-0.15, -0.1) is 0 Å². The van der Waals surface area contributed by atoms with Gasteiger partial charge in [0.15, 0.2) is 0 Å². The van der Waals surface area contributed by atoms with E-state index in [1.54, 1.807) is 0 Å². The van der Waals surface area contributed by atoms with E-state index in [1.165, 1.54) is 63.7 Å². The highest BCUT2D eigenvalue weighted by atomic mass is 16.2. The molecule has 2 atom stereocenters. The Morgan fingerprint density at radius 2 is 1.67 bits per heavy atom. The van der Waals surface area contributed by atoms with Crippen LogP contribution in [0.4, 0.5) is 5.69 Å². The van der Waals surface area contributed by atoms with Crippen molar-refractivity contribution in [2.75, 3.05) is 44.2 Å². The zero-order valence-electron chi connectivity index (χ0n) is 16.5. The van der Waals surface area contributed by atoms with Gasteiger partial charge in [0.2, 0.25) is 0 Å². The lowest BCUT2D eigenvalue weighted by Crippen LogP contribution is -2.47. The largest absolute Gasteiger partial charge is 0.372 e. The van der Waals surface area contributed by atoms with Crippen molar-refractivity contribution in [3.63, 3.8) is 0 Å². The monoisotopic (exact) mass is 367 g/mol. The number of piperidine rings is 1. The fourth-order valence-electron chi connectivity index (χ4n) is 5.55. The van der Waals surface area contributed by atoms with Gasteiger partial charge in [-0.25, -0.2) is 0 Å². The SMILES string of the molecule is O=C(c1ccc(N2CCCC2)cc1)N1C[C@H]2CC[C@@H](C1)N(CC1CCC1)C2. The van der Waals surface area contributed by atoms with Crippen LogP contribution < -0.4 is 4.90 Å². The van der Waals surface area contributed by atoms with Crippen molar-refractivity contribution in [3.05, 3.63) is 29.8 Å². The molecule has 1 saturated carbocycles. The van der Waals surface area contributed by atoms with Gasteiger partial charge in [-0.2, -0.15) is 0 Å². The predicted molar refractivity (Wildman–Crippen MR) is 109 cm³/mol. The smallest absolute Gasteiger partial charge is 0.253 e. The molecule has 0 unspecified atom stereocenters. The van der Waals surface area contributed by atoms with Gasteiger partial charge in [0.25, 0.3) is 5.91 Å². The van der Waals surface area contributed by atoms with Crippen LogP contribution in [0.15, 0.2) is 24.3 Å². The van der Waals surface area contributed by atoms with E-state index < -0.39 is 0 Å². The summed E-state index contributed by atoms with van der Waals surface area (Å²) in [6, 6.07) is 8.98. The summed E-state index contributed by atoms with van der Waals surface area (Å²) >= 11 is 0. The van der Waals surface area contributed by atoms with E-state index in [2.05, 4.69) is 39.0 Å². The molecule has 6 rings (SSSR count). The van der Waals surface area contributed by atoms with Gasteiger partial charge >= 0.3 is 0 Å². The molecule has 4 heterocycles. The molecule has 0 radical (unpaired) electrons. The fourth-order valence-corrected chi connectivity index (χ4v) is 5.55. The normalized spacial score (nSPS) is 29.0. The molecule has 0 spiro atoms. The molecular weight excluding hydrogens is 334 g/mol. The molecule has 1 aromatic carbocycles. The van der Waals surface area contributed by atoms with Crippen molar-refractivity contribution >= 4 is 11.6 Å². The maximum atomic E-state index is 13.2.